The predicted molar refractivity (Wildman–Crippen MR) is 121 cm³/mol. The molecule has 1 aromatic heterocycles. The maximum absolute atomic E-state index is 5.76. The molecule has 1 heterocycles. The number of nitrogens with zero attached hydrogens (tertiary/aromatic N) is 1. The summed E-state index contributed by atoms with van der Waals surface area (Å²) in [6.45, 7) is 3.01. The third-order valence-corrected chi connectivity index (χ3v) is 5.02. The number of hydrogen-bond donors (Lipinski definition) is 1. The number of rotatable bonds is 8. The Morgan fingerprint density at radius 3 is 2.43 bits per heavy atom. The lowest BCUT2D eigenvalue weighted by atomic mass is 10.1. The minimum atomic E-state index is 0.493. The van der Waals surface area contributed by atoms with Gasteiger partial charge in [0.05, 0.1) is 39.8 Å². The second-order valence-electron chi connectivity index (χ2n) is 6.75. The number of ether oxygens (including phenoxy) is 3. The van der Waals surface area contributed by atoms with E-state index in [-0.39, 0.29) is 0 Å². The van der Waals surface area contributed by atoms with Crippen molar-refractivity contribution in [2.45, 2.75) is 20.0 Å². The summed E-state index contributed by atoms with van der Waals surface area (Å²) < 4.78 is 22.0. The standard InChI is InChI=1S/C23H26N2O4S/c1-16-7-9-20(22(12-16)28-4)24-23(30)25(15-19-6-5-11-29-19)14-17-13-18(26-2)8-10-21(17)27-3/h5-13H,14-15H2,1-4H3,(H,24,30). The lowest BCUT2D eigenvalue weighted by Crippen LogP contribution is -2.34. The highest BCUT2D eigenvalue weighted by Gasteiger charge is 2.17. The molecule has 7 heteroatoms. The van der Waals surface area contributed by atoms with Gasteiger partial charge in [-0.25, -0.2) is 0 Å². The molecule has 0 aliphatic heterocycles. The predicted octanol–water partition coefficient (Wildman–Crippen LogP) is 5.01. The monoisotopic (exact) mass is 426 g/mol. The average molecular weight is 427 g/mol. The SMILES string of the molecule is COc1ccc(OC)c(CN(Cc2ccco2)C(=S)Nc2ccc(C)cc2OC)c1. The van der Waals surface area contributed by atoms with E-state index in [1.165, 1.54) is 0 Å². The lowest BCUT2D eigenvalue weighted by Gasteiger charge is -2.26. The van der Waals surface area contributed by atoms with Crippen LogP contribution in [0, 0.1) is 6.92 Å². The Morgan fingerprint density at radius 1 is 0.967 bits per heavy atom. The molecular formula is C23H26N2O4S. The fourth-order valence-electron chi connectivity index (χ4n) is 3.10. The van der Waals surface area contributed by atoms with Crippen LogP contribution in [0.4, 0.5) is 5.69 Å². The highest BCUT2D eigenvalue weighted by molar-refractivity contribution is 7.80. The van der Waals surface area contributed by atoms with E-state index in [1.54, 1.807) is 27.6 Å². The minimum absolute atomic E-state index is 0.493. The van der Waals surface area contributed by atoms with E-state index in [0.29, 0.717) is 18.2 Å². The van der Waals surface area contributed by atoms with Crippen molar-refractivity contribution in [3.8, 4) is 17.2 Å². The van der Waals surface area contributed by atoms with Gasteiger partial charge in [0.25, 0.3) is 0 Å². The number of nitrogens with one attached hydrogen (secondary N) is 1. The molecule has 0 aliphatic rings. The molecule has 0 aliphatic carbocycles. The first kappa shape index (κ1) is 21.5. The van der Waals surface area contributed by atoms with Crippen LogP contribution in [0.15, 0.2) is 59.2 Å². The summed E-state index contributed by atoms with van der Waals surface area (Å²) >= 11 is 5.76. The molecule has 3 aromatic rings. The number of benzene rings is 2. The topological polar surface area (TPSA) is 56.1 Å². The van der Waals surface area contributed by atoms with Crippen molar-refractivity contribution >= 4 is 23.0 Å². The molecule has 6 nitrogen and oxygen atoms in total. The fraction of sp³-hybridized carbons (Fsp3) is 0.261. The number of thiocarbonyl (C=S) groups is 1. The Bertz CT molecular complexity index is 989. The third kappa shape index (κ3) is 5.24. The van der Waals surface area contributed by atoms with E-state index in [9.17, 15) is 0 Å². The average Bonchev–Trinajstić information content (AvgIpc) is 3.27. The molecule has 0 radical (unpaired) electrons. The molecule has 158 valence electrons. The van der Waals surface area contributed by atoms with Gasteiger partial charge in [-0.2, -0.15) is 0 Å². The Balaban J connectivity index is 1.88. The van der Waals surface area contributed by atoms with Crippen molar-refractivity contribution < 1.29 is 18.6 Å². The fourth-order valence-corrected chi connectivity index (χ4v) is 3.34. The quantitative estimate of drug-likeness (QED) is 0.508. The zero-order valence-electron chi connectivity index (χ0n) is 17.6. The number of anilines is 1. The number of hydrogen-bond acceptors (Lipinski definition) is 5. The van der Waals surface area contributed by atoms with Crippen molar-refractivity contribution in [2.24, 2.45) is 0 Å². The van der Waals surface area contributed by atoms with Crippen molar-refractivity contribution in [3.63, 3.8) is 0 Å². The molecule has 0 spiro atoms. The van der Waals surface area contributed by atoms with Gasteiger partial charge < -0.3 is 28.8 Å². The summed E-state index contributed by atoms with van der Waals surface area (Å²) in [6.07, 6.45) is 1.65. The molecule has 1 N–H and O–H groups in total. The van der Waals surface area contributed by atoms with Crippen LogP contribution in [0.5, 0.6) is 17.2 Å². The van der Waals surface area contributed by atoms with Crippen molar-refractivity contribution in [1.82, 2.24) is 4.90 Å². The molecule has 0 atom stereocenters. The maximum Gasteiger partial charge on any atom is 0.174 e. The second-order valence-corrected chi connectivity index (χ2v) is 7.13. The summed E-state index contributed by atoms with van der Waals surface area (Å²) in [6, 6.07) is 15.4. The zero-order valence-corrected chi connectivity index (χ0v) is 18.4. The van der Waals surface area contributed by atoms with Crippen LogP contribution in [0.2, 0.25) is 0 Å². The van der Waals surface area contributed by atoms with Gasteiger partial charge in [-0.15, -0.1) is 0 Å². The molecule has 0 saturated carbocycles. The molecule has 0 fully saturated rings. The van der Waals surface area contributed by atoms with E-state index >= 15 is 0 Å². The van der Waals surface area contributed by atoms with Crippen molar-refractivity contribution in [3.05, 3.63) is 71.7 Å². The Hall–Kier alpha value is -3.19. The van der Waals surface area contributed by atoms with Crippen LogP contribution < -0.4 is 19.5 Å². The number of furan rings is 1. The normalized spacial score (nSPS) is 10.4. The van der Waals surface area contributed by atoms with Crippen LogP contribution in [0.25, 0.3) is 0 Å². The van der Waals surface area contributed by atoms with Crippen LogP contribution in [-0.2, 0) is 13.1 Å². The molecule has 0 saturated heterocycles. The molecule has 30 heavy (non-hydrogen) atoms. The van der Waals surface area contributed by atoms with E-state index in [0.717, 1.165) is 39.8 Å². The third-order valence-electron chi connectivity index (χ3n) is 4.66. The molecule has 2 aromatic carbocycles. The minimum Gasteiger partial charge on any atom is -0.497 e. The van der Waals surface area contributed by atoms with E-state index < -0.39 is 0 Å². The van der Waals surface area contributed by atoms with Gasteiger partial charge in [-0.1, -0.05) is 6.07 Å². The second kappa shape index (κ2) is 10.0. The summed E-state index contributed by atoms with van der Waals surface area (Å²) in [7, 11) is 4.93. The van der Waals surface area contributed by atoms with Gasteiger partial charge >= 0.3 is 0 Å². The van der Waals surface area contributed by atoms with Gasteiger partial charge in [0.15, 0.2) is 5.11 Å². The maximum atomic E-state index is 5.76. The smallest absolute Gasteiger partial charge is 0.174 e. The van der Waals surface area contributed by atoms with Crippen molar-refractivity contribution in [1.29, 1.82) is 0 Å². The number of methoxy groups -OCH3 is 3. The van der Waals surface area contributed by atoms with Crippen LogP contribution >= 0.6 is 12.2 Å². The molecular weight excluding hydrogens is 400 g/mol. The van der Waals surface area contributed by atoms with Crippen molar-refractivity contribution in [2.75, 3.05) is 26.6 Å². The van der Waals surface area contributed by atoms with Gasteiger partial charge in [0, 0.05) is 12.1 Å². The Labute approximate surface area is 182 Å². The Morgan fingerprint density at radius 2 is 1.77 bits per heavy atom. The first-order valence-corrected chi connectivity index (χ1v) is 9.88. The van der Waals surface area contributed by atoms with E-state index in [1.807, 2.05) is 60.4 Å². The van der Waals surface area contributed by atoms with Crippen LogP contribution in [-0.4, -0.2) is 31.3 Å². The Kier molecular flexibility index (Phi) is 7.19. The zero-order chi connectivity index (χ0) is 21.5. The molecule has 0 unspecified atom stereocenters. The molecule has 0 bridgehead atoms. The summed E-state index contributed by atoms with van der Waals surface area (Å²) in [5, 5.41) is 3.85. The van der Waals surface area contributed by atoms with E-state index in [4.69, 9.17) is 30.8 Å². The lowest BCUT2D eigenvalue weighted by molar-refractivity contribution is 0.346. The van der Waals surface area contributed by atoms with Crippen LogP contribution in [0.3, 0.4) is 0 Å². The number of aryl methyl sites for hydroxylation is 1. The van der Waals surface area contributed by atoms with Gasteiger partial charge in [0.2, 0.25) is 0 Å². The van der Waals surface area contributed by atoms with Crippen LogP contribution in [0.1, 0.15) is 16.9 Å². The molecule has 0 amide bonds. The largest absolute Gasteiger partial charge is 0.497 e. The summed E-state index contributed by atoms with van der Waals surface area (Å²) in [5.74, 6) is 3.05. The highest BCUT2D eigenvalue weighted by atomic mass is 32.1. The first-order valence-electron chi connectivity index (χ1n) is 9.48. The molecule has 3 rings (SSSR count). The van der Waals surface area contributed by atoms with E-state index in [2.05, 4.69) is 5.32 Å². The summed E-state index contributed by atoms with van der Waals surface area (Å²) in [5.41, 5.74) is 2.86. The summed E-state index contributed by atoms with van der Waals surface area (Å²) in [4.78, 5) is 2.00. The van der Waals surface area contributed by atoms with Gasteiger partial charge in [-0.3, -0.25) is 0 Å². The highest BCUT2D eigenvalue weighted by Crippen LogP contribution is 2.28. The van der Waals surface area contributed by atoms with Gasteiger partial charge in [-0.05, 0) is 67.2 Å². The first-order chi connectivity index (χ1) is 14.5. The van der Waals surface area contributed by atoms with Gasteiger partial charge in [0.1, 0.15) is 23.0 Å².